The smallest absolute Gasteiger partial charge is 0.227 e. The van der Waals surface area contributed by atoms with Gasteiger partial charge >= 0.3 is 0 Å². The molecule has 142 valence electrons. The van der Waals surface area contributed by atoms with E-state index in [2.05, 4.69) is 10.6 Å². The van der Waals surface area contributed by atoms with Crippen LogP contribution in [0.15, 0.2) is 18.2 Å². The molecule has 0 aromatic heterocycles. The zero-order valence-corrected chi connectivity index (χ0v) is 16.3. The summed E-state index contributed by atoms with van der Waals surface area (Å²) in [7, 11) is 0. The SMILES string of the molecule is Cc1c(Cl)cccc1NC(=O)C1CCC(C(=O)NC2CCCCC2)CC1. The van der Waals surface area contributed by atoms with Crippen molar-refractivity contribution < 1.29 is 9.59 Å². The summed E-state index contributed by atoms with van der Waals surface area (Å²) in [5.74, 6) is 0.281. The second kappa shape index (κ2) is 8.90. The molecule has 0 unspecified atom stereocenters. The molecule has 0 bridgehead atoms. The molecule has 1 aromatic carbocycles. The van der Waals surface area contributed by atoms with Gasteiger partial charge in [-0.25, -0.2) is 0 Å². The Kier molecular flexibility index (Phi) is 6.58. The number of halogens is 1. The summed E-state index contributed by atoms with van der Waals surface area (Å²) in [5, 5.41) is 6.90. The first-order valence-corrected chi connectivity index (χ1v) is 10.3. The van der Waals surface area contributed by atoms with Gasteiger partial charge in [0.2, 0.25) is 11.8 Å². The van der Waals surface area contributed by atoms with Gasteiger partial charge in [-0.05, 0) is 63.1 Å². The summed E-state index contributed by atoms with van der Waals surface area (Å²) < 4.78 is 0. The Hall–Kier alpha value is -1.55. The summed E-state index contributed by atoms with van der Waals surface area (Å²) in [5.41, 5.74) is 1.67. The van der Waals surface area contributed by atoms with Crippen molar-refractivity contribution >= 4 is 29.1 Å². The molecule has 26 heavy (non-hydrogen) atoms. The van der Waals surface area contributed by atoms with Crippen molar-refractivity contribution in [2.75, 3.05) is 5.32 Å². The molecule has 0 heterocycles. The molecule has 3 rings (SSSR count). The Morgan fingerprint density at radius 3 is 2.19 bits per heavy atom. The maximum Gasteiger partial charge on any atom is 0.227 e. The van der Waals surface area contributed by atoms with Crippen LogP contribution in [-0.4, -0.2) is 17.9 Å². The van der Waals surface area contributed by atoms with Crippen LogP contribution in [0.5, 0.6) is 0 Å². The number of hydrogen-bond acceptors (Lipinski definition) is 2. The Morgan fingerprint density at radius 1 is 0.923 bits per heavy atom. The molecule has 0 aliphatic heterocycles. The second-order valence-electron chi connectivity index (χ2n) is 7.79. The highest BCUT2D eigenvalue weighted by molar-refractivity contribution is 6.31. The molecule has 4 nitrogen and oxygen atoms in total. The summed E-state index contributed by atoms with van der Waals surface area (Å²) in [6.07, 6.45) is 9.10. The van der Waals surface area contributed by atoms with Crippen molar-refractivity contribution in [3.8, 4) is 0 Å². The number of amides is 2. The fraction of sp³-hybridized carbons (Fsp3) is 0.619. The lowest BCUT2D eigenvalue weighted by atomic mass is 9.80. The lowest BCUT2D eigenvalue weighted by Crippen LogP contribution is -2.41. The second-order valence-corrected chi connectivity index (χ2v) is 8.20. The van der Waals surface area contributed by atoms with E-state index >= 15 is 0 Å². The van der Waals surface area contributed by atoms with Crippen molar-refractivity contribution in [3.63, 3.8) is 0 Å². The van der Waals surface area contributed by atoms with E-state index < -0.39 is 0 Å². The van der Waals surface area contributed by atoms with Crippen LogP contribution in [0.4, 0.5) is 5.69 Å². The molecule has 0 radical (unpaired) electrons. The fourth-order valence-electron chi connectivity index (χ4n) is 4.16. The highest BCUT2D eigenvalue weighted by atomic mass is 35.5. The first-order chi connectivity index (χ1) is 12.5. The summed E-state index contributed by atoms with van der Waals surface area (Å²) in [6.45, 7) is 1.91. The van der Waals surface area contributed by atoms with Gasteiger partial charge in [0.05, 0.1) is 0 Å². The summed E-state index contributed by atoms with van der Waals surface area (Å²) >= 11 is 6.12. The first-order valence-electron chi connectivity index (χ1n) is 9.91. The van der Waals surface area contributed by atoms with E-state index in [9.17, 15) is 9.59 Å². The summed E-state index contributed by atoms with van der Waals surface area (Å²) in [4.78, 5) is 25.1. The van der Waals surface area contributed by atoms with Gasteiger partial charge in [-0.3, -0.25) is 9.59 Å². The zero-order chi connectivity index (χ0) is 18.5. The number of carbonyl (C=O) groups is 2. The lowest BCUT2D eigenvalue weighted by Gasteiger charge is -2.30. The van der Waals surface area contributed by atoms with E-state index in [4.69, 9.17) is 11.6 Å². The van der Waals surface area contributed by atoms with Crippen LogP contribution in [0, 0.1) is 18.8 Å². The topological polar surface area (TPSA) is 58.2 Å². The third-order valence-corrected chi connectivity index (χ3v) is 6.36. The van der Waals surface area contributed by atoms with Gasteiger partial charge in [-0.1, -0.05) is 36.9 Å². The Labute approximate surface area is 161 Å². The average Bonchev–Trinajstić information content (AvgIpc) is 2.66. The number of anilines is 1. The van der Waals surface area contributed by atoms with Crippen molar-refractivity contribution in [2.45, 2.75) is 70.8 Å². The van der Waals surface area contributed by atoms with E-state index in [1.54, 1.807) is 0 Å². The van der Waals surface area contributed by atoms with E-state index in [1.165, 1.54) is 19.3 Å². The van der Waals surface area contributed by atoms with Gasteiger partial charge in [0.25, 0.3) is 0 Å². The van der Waals surface area contributed by atoms with Crippen molar-refractivity contribution in [1.82, 2.24) is 5.32 Å². The van der Waals surface area contributed by atoms with Gasteiger partial charge in [-0.2, -0.15) is 0 Å². The molecule has 0 atom stereocenters. The minimum absolute atomic E-state index is 0.0212. The van der Waals surface area contributed by atoms with Crippen LogP contribution < -0.4 is 10.6 Å². The zero-order valence-electron chi connectivity index (χ0n) is 15.5. The van der Waals surface area contributed by atoms with Gasteiger partial charge < -0.3 is 10.6 Å². The van der Waals surface area contributed by atoms with Crippen molar-refractivity contribution in [1.29, 1.82) is 0 Å². The largest absolute Gasteiger partial charge is 0.353 e. The number of carbonyl (C=O) groups excluding carboxylic acids is 2. The van der Waals surface area contributed by atoms with Crippen LogP contribution in [0.2, 0.25) is 5.02 Å². The Balaban J connectivity index is 1.47. The maximum absolute atomic E-state index is 12.6. The average molecular weight is 377 g/mol. The molecule has 1 aromatic rings. The fourth-order valence-corrected chi connectivity index (χ4v) is 4.34. The monoisotopic (exact) mass is 376 g/mol. The quantitative estimate of drug-likeness (QED) is 0.789. The van der Waals surface area contributed by atoms with Gasteiger partial charge in [0.15, 0.2) is 0 Å². The van der Waals surface area contributed by atoms with Gasteiger partial charge in [0.1, 0.15) is 0 Å². The number of benzene rings is 1. The molecule has 2 fully saturated rings. The molecule has 2 saturated carbocycles. The minimum atomic E-state index is -0.0212. The highest BCUT2D eigenvalue weighted by Crippen LogP contribution is 2.31. The van der Waals surface area contributed by atoms with E-state index in [-0.39, 0.29) is 23.7 Å². The summed E-state index contributed by atoms with van der Waals surface area (Å²) in [6, 6.07) is 5.91. The standard InChI is InChI=1S/C21H29ClN2O2/c1-14-18(22)8-5-9-19(14)24-21(26)16-12-10-15(11-13-16)20(25)23-17-6-3-2-4-7-17/h5,8-9,15-17H,2-4,6-7,10-13H2,1H3,(H,23,25)(H,24,26). The minimum Gasteiger partial charge on any atom is -0.353 e. The predicted octanol–water partition coefficient (Wildman–Crippen LogP) is 4.84. The van der Waals surface area contributed by atoms with E-state index in [0.29, 0.717) is 11.1 Å². The molecular weight excluding hydrogens is 348 g/mol. The first kappa shape index (κ1) is 19.2. The van der Waals surface area contributed by atoms with Crippen LogP contribution in [0.1, 0.15) is 63.4 Å². The van der Waals surface area contributed by atoms with Crippen LogP contribution in [0.25, 0.3) is 0 Å². The maximum atomic E-state index is 12.6. The molecule has 2 N–H and O–H groups in total. The molecule has 0 spiro atoms. The molecule has 2 amide bonds. The number of rotatable bonds is 4. The highest BCUT2D eigenvalue weighted by Gasteiger charge is 2.31. The molecular formula is C21H29ClN2O2. The van der Waals surface area contributed by atoms with E-state index in [1.807, 2.05) is 25.1 Å². The lowest BCUT2D eigenvalue weighted by molar-refractivity contribution is -0.129. The Morgan fingerprint density at radius 2 is 1.54 bits per heavy atom. The molecule has 5 heteroatoms. The molecule has 2 aliphatic rings. The van der Waals surface area contributed by atoms with Crippen LogP contribution in [-0.2, 0) is 9.59 Å². The van der Waals surface area contributed by atoms with Crippen molar-refractivity contribution in [3.05, 3.63) is 28.8 Å². The van der Waals surface area contributed by atoms with Gasteiger partial charge in [-0.15, -0.1) is 0 Å². The third kappa shape index (κ3) is 4.79. The van der Waals surface area contributed by atoms with Crippen LogP contribution >= 0.6 is 11.6 Å². The number of hydrogen-bond donors (Lipinski definition) is 2. The normalized spacial score (nSPS) is 24.1. The van der Waals surface area contributed by atoms with Gasteiger partial charge in [0, 0.05) is 28.6 Å². The predicted molar refractivity (Wildman–Crippen MR) is 105 cm³/mol. The molecule has 0 saturated heterocycles. The Bertz CT molecular complexity index is 647. The van der Waals surface area contributed by atoms with Crippen molar-refractivity contribution in [2.24, 2.45) is 11.8 Å². The molecule has 2 aliphatic carbocycles. The number of nitrogens with one attached hydrogen (secondary N) is 2. The van der Waals surface area contributed by atoms with Crippen LogP contribution in [0.3, 0.4) is 0 Å². The van der Waals surface area contributed by atoms with E-state index in [0.717, 1.165) is 49.8 Å². The third-order valence-electron chi connectivity index (χ3n) is 5.95.